The van der Waals surface area contributed by atoms with E-state index in [1.807, 2.05) is 24.3 Å². The highest BCUT2D eigenvalue weighted by Crippen LogP contribution is 2.53. The number of ether oxygens (including phenoxy) is 1. The zero-order chi connectivity index (χ0) is 16.5. The lowest BCUT2D eigenvalue weighted by Crippen LogP contribution is -2.15. The Labute approximate surface area is 140 Å². The normalized spacial score (nSPS) is 18.5. The molecule has 0 amide bonds. The van der Waals surface area contributed by atoms with Gasteiger partial charge in [-0.1, -0.05) is 31.4 Å². The Morgan fingerprint density at radius 2 is 1.83 bits per heavy atom. The van der Waals surface area contributed by atoms with Crippen LogP contribution in [-0.2, 0) is 15.5 Å². The summed E-state index contributed by atoms with van der Waals surface area (Å²) in [6, 6.07) is 8.03. The van der Waals surface area contributed by atoms with Gasteiger partial charge < -0.3 is 15.0 Å². The minimum atomic E-state index is -2.46. The summed E-state index contributed by atoms with van der Waals surface area (Å²) in [6.45, 7) is 3.56. The molecule has 0 bridgehead atoms. The van der Waals surface area contributed by atoms with Gasteiger partial charge in [-0.3, -0.25) is 4.57 Å². The Morgan fingerprint density at radius 1 is 1.13 bits per heavy atom. The first-order valence-corrected chi connectivity index (χ1v) is 10.9. The van der Waals surface area contributed by atoms with E-state index in [1.165, 1.54) is 24.8 Å². The second kappa shape index (κ2) is 9.46. The number of benzene rings is 1. The van der Waals surface area contributed by atoms with E-state index in [4.69, 9.17) is 15.0 Å². The average Bonchev–Trinajstić information content (AvgIpc) is 2.57. The minimum Gasteiger partial charge on any atom is -0.494 e. The summed E-state index contributed by atoms with van der Waals surface area (Å²) in [4.78, 5) is 0. The van der Waals surface area contributed by atoms with E-state index in [2.05, 4.69) is 0 Å². The molecule has 0 radical (unpaired) electrons. The largest absolute Gasteiger partial charge is 0.494 e. The van der Waals surface area contributed by atoms with E-state index in [0.29, 0.717) is 19.8 Å². The van der Waals surface area contributed by atoms with E-state index >= 15 is 0 Å². The van der Waals surface area contributed by atoms with Crippen LogP contribution < -0.4 is 10.5 Å². The van der Waals surface area contributed by atoms with E-state index in [9.17, 15) is 4.57 Å². The number of rotatable bonds is 9. The third-order valence-electron chi connectivity index (χ3n) is 4.50. The standard InChI is InChI=1S/C18H30NO3P/c1-23(20,18-6-3-2-4-7-18)22-15-5-14-21-17-10-8-16(9-11-17)12-13-19/h8-11,18H,2-7,12-15,19H2,1H3. The van der Waals surface area contributed by atoms with Crippen molar-refractivity contribution in [1.29, 1.82) is 0 Å². The van der Waals surface area contributed by atoms with Gasteiger partial charge in [0, 0.05) is 18.7 Å². The second-order valence-corrected chi connectivity index (χ2v) is 9.22. The van der Waals surface area contributed by atoms with Crippen LogP contribution in [0.3, 0.4) is 0 Å². The fraction of sp³-hybridized carbons (Fsp3) is 0.667. The van der Waals surface area contributed by atoms with Crippen molar-refractivity contribution in [2.75, 3.05) is 26.4 Å². The Balaban J connectivity index is 1.64. The van der Waals surface area contributed by atoms with Crippen LogP contribution >= 0.6 is 7.37 Å². The fourth-order valence-corrected chi connectivity index (χ4v) is 5.07. The van der Waals surface area contributed by atoms with Gasteiger partial charge in [-0.2, -0.15) is 0 Å². The lowest BCUT2D eigenvalue weighted by Gasteiger charge is -2.27. The summed E-state index contributed by atoms with van der Waals surface area (Å²) in [5.41, 5.74) is 7.03. The van der Waals surface area contributed by atoms with Crippen LogP contribution in [0.1, 0.15) is 44.1 Å². The third-order valence-corrected chi connectivity index (χ3v) is 7.04. The summed E-state index contributed by atoms with van der Waals surface area (Å²) < 4.78 is 24.0. The van der Waals surface area contributed by atoms with Gasteiger partial charge in [0.2, 0.25) is 7.37 Å². The van der Waals surface area contributed by atoms with Gasteiger partial charge in [-0.25, -0.2) is 0 Å². The molecule has 130 valence electrons. The molecule has 1 saturated carbocycles. The first-order chi connectivity index (χ1) is 11.1. The molecule has 2 rings (SSSR count). The van der Waals surface area contributed by atoms with E-state index in [-0.39, 0.29) is 5.66 Å². The third kappa shape index (κ3) is 6.29. The average molecular weight is 339 g/mol. The summed E-state index contributed by atoms with van der Waals surface area (Å²) in [5.74, 6) is 0.859. The smallest absolute Gasteiger partial charge is 0.203 e. The van der Waals surface area contributed by atoms with Crippen LogP contribution in [0.15, 0.2) is 24.3 Å². The van der Waals surface area contributed by atoms with Crippen molar-refractivity contribution in [3.05, 3.63) is 29.8 Å². The van der Waals surface area contributed by atoms with Gasteiger partial charge in [-0.15, -0.1) is 0 Å². The molecule has 0 aromatic heterocycles. The molecular weight excluding hydrogens is 309 g/mol. The predicted octanol–water partition coefficient (Wildman–Crippen LogP) is 4.21. The number of hydrogen-bond donors (Lipinski definition) is 1. The number of nitrogens with two attached hydrogens (primary N) is 1. The quantitative estimate of drug-likeness (QED) is 0.541. The van der Waals surface area contributed by atoms with Crippen molar-refractivity contribution in [2.45, 2.75) is 50.6 Å². The highest BCUT2D eigenvalue weighted by atomic mass is 31.2. The van der Waals surface area contributed by atoms with Gasteiger partial charge in [0.05, 0.1) is 13.2 Å². The molecule has 1 aromatic carbocycles. The first kappa shape index (κ1) is 18.5. The highest BCUT2D eigenvalue weighted by Gasteiger charge is 2.30. The molecule has 2 N–H and O–H groups in total. The summed E-state index contributed by atoms with van der Waals surface area (Å²) in [5, 5.41) is 0. The molecule has 4 nitrogen and oxygen atoms in total. The predicted molar refractivity (Wildman–Crippen MR) is 95.7 cm³/mol. The molecule has 1 fully saturated rings. The van der Waals surface area contributed by atoms with Crippen molar-refractivity contribution in [2.24, 2.45) is 5.73 Å². The maximum atomic E-state index is 12.6. The van der Waals surface area contributed by atoms with Crippen LogP contribution in [0, 0.1) is 0 Å². The molecule has 1 aliphatic carbocycles. The van der Waals surface area contributed by atoms with Crippen molar-refractivity contribution in [3.8, 4) is 5.75 Å². The maximum absolute atomic E-state index is 12.6. The van der Waals surface area contributed by atoms with Crippen molar-refractivity contribution < 1.29 is 13.8 Å². The lowest BCUT2D eigenvalue weighted by atomic mass is 10.0. The number of hydrogen-bond acceptors (Lipinski definition) is 4. The van der Waals surface area contributed by atoms with Crippen molar-refractivity contribution in [3.63, 3.8) is 0 Å². The summed E-state index contributed by atoms with van der Waals surface area (Å²) in [6.07, 6.45) is 7.41. The molecular formula is C18H30NO3P. The molecule has 0 saturated heterocycles. The Hall–Kier alpha value is -0.830. The highest BCUT2D eigenvalue weighted by molar-refractivity contribution is 7.58. The maximum Gasteiger partial charge on any atom is 0.203 e. The van der Waals surface area contributed by atoms with Gasteiger partial charge in [-0.05, 0) is 43.5 Å². The molecule has 1 aromatic rings. The lowest BCUT2D eigenvalue weighted by molar-refractivity contribution is 0.244. The van der Waals surface area contributed by atoms with Crippen LogP contribution in [-0.4, -0.2) is 32.1 Å². The molecule has 1 unspecified atom stereocenters. The molecule has 0 heterocycles. The van der Waals surface area contributed by atoms with Gasteiger partial charge in [0.15, 0.2) is 0 Å². The molecule has 23 heavy (non-hydrogen) atoms. The van der Waals surface area contributed by atoms with E-state index in [0.717, 1.165) is 31.4 Å². The van der Waals surface area contributed by atoms with E-state index in [1.54, 1.807) is 6.66 Å². The van der Waals surface area contributed by atoms with Crippen LogP contribution in [0.25, 0.3) is 0 Å². The van der Waals surface area contributed by atoms with E-state index < -0.39 is 7.37 Å². The zero-order valence-electron chi connectivity index (χ0n) is 14.2. The van der Waals surface area contributed by atoms with Crippen molar-refractivity contribution >= 4 is 7.37 Å². The van der Waals surface area contributed by atoms with Gasteiger partial charge >= 0.3 is 0 Å². The van der Waals surface area contributed by atoms with Crippen molar-refractivity contribution in [1.82, 2.24) is 0 Å². The molecule has 5 heteroatoms. The first-order valence-electron chi connectivity index (χ1n) is 8.75. The molecule has 1 aliphatic rings. The van der Waals surface area contributed by atoms with Crippen LogP contribution in [0.5, 0.6) is 5.75 Å². The fourth-order valence-electron chi connectivity index (χ4n) is 3.07. The Kier molecular flexibility index (Phi) is 7.61. The summed E-state index contributed by atoms with van der Waals surface area (Å²) >= 11 is 0. The Morgan fingerprint density at radius 3 is 2.48 bits per heavy atom. The minimum absolute atomic E-state index is 0.271. The monoisotopic (exact) mass is 339 g/mol. The van der Waals surface area contributed by atoms with Gasteiger partial charge in [0.25, 0.3) is 0 Å². The topological polar surface area (TPSA) is 61.5 Å². The van der Waals surface area contributed by atoms with Crippen LogP contribution in [0.4, 0.5) is 0 Å². The molecule has 0 aliphatic heterocycles. The molecule has 1 atom stereocenters. The van der Waals surface area contributed by atoms with Crippen LogP contribution in [0.2, 0.25) is 0 Å². The SMILES string of the molecule is CP(=O)(OCCCOc1ccc(CCN)cc1)C1CCCCC1. The molecule has 0 spiro atoms. The Bertz CT molecular complexity index is 497. The second-order valence-electron chi connectivity index (χ2n) is 6.42. The summed E-state index contributed by atoms with van der Waals surface area (Å²) in [7, 11) is -2.46. The zero-order valence-corrected chi connectivity index (χ0v) is 15.1. The van der Waals surface area contributed by atoms with Gasteiger partial charge in [0.1, 0.15) is 5.75 Å².